The Balaban J connectivity index is 1.09. The van der Waals surface area contributed by atoms with E-state index >= 15 is 0 Å². The van der Waals surface area contributed by atoms with Gasteiger partial charge in [0.1, 0.15) is 0 Å². The molecule has 0 aliphatic rings. The molecule has 0 spiro atoms. The molecule has 78 heavy (non-hydrogen) atoms. The largest absolute Gasteiger partial charge is 0.307 e. The van der Waals surface area contributed by atoms with Crippen LogP contribution in [0.1, 0.15) is 52.7 Å². The zero-order chi connectivity index (χ0) is 52.1. The summed E-state index contributed by atoms with van der Waals surface area (Å²) in [5.41, 5.74) is 22.2. The summed E-state index contributed by atoms with van der Waals surface area (Å²) >= 11 is 0. The van der Waals surface area contributed by atoms with Crippen LogP contribution in [0, 0.1) is 0 Å². The molecule has 6 heterocycles. The van der Waals surface area contributed by atoms with Gasteiger partial charge in [-0.3, -0.25) is 0 Å². The zero-order valence-electron chi connectivity index (χ0n) is 44.6. The van der Waals surface area contributed by atoms with E-state index in [0.717, 1.165) is 0 Å². The van der Waals surface area contributed by atoms with Crippen LogP contribution in [0.4, 0.5) is 0 Å². The van der Waals surface area contributed by atoms with E-state index in [0.29, 0.717) is 0 Å². The van der Waals surface area contributed by atoms with Crippen molar-refractivity contribution in [3.8, 4) is 33.6 Å². The van der Waals surface area contributed by atoms with Gasteiger partial charge in [-0.05, 0) is 92.7 Å². The Kier molecular flexibility index (Phi) is 8.53. The first kappa shape index (κ1) is 43.8. The molecule has 0 amide bonds. The Labute approximate surface area is 450 Å². The predicted molar refractivity (Wildman–Crippen MR) is 333 cm³/mol. The maximum absolute atomic E-state index is 2.67. The first-order valence-electron chi connectivity index (χ1n) is 27.6. The molecule has 0 saturated carbocycles. The maximum atomic E-state index is 2.67. The summed E-state index contributed by atoms with van der Waals surface area (Å²) in [5.74, 6) is 0. The second-order valence-electron chi connectivity index (χ2n) is 24.1. The highest BCUT2D eigenvalue weighted by Crippen LogP contribution is 2.54. The van der Waals surface area contributed by atoms with Gasteiger partial charge in [0.25, 0.3) is 0 Å². The molecule has 0 bridgehead atoms. The van der Waals surface area contributed by atoms with Crippen LogP contribution >= 0.6 is 0 Å². The quantitative estimate of drug-likeness (QED) is 0.167. The van der Waals surface area contributed by atoms with Crippen LogP contribution in [0.15, 0.2) is 218 Å². The number of para-hydroxylation sites is 6. The average molecular weight is 999 g/mol. The SMILES string of the molecule is CC(C)(C)c1ccc(-c2ccc3c4c5c6cccc(-n7c8ccccc8c8ccccc87)c6n6c7cc(-c8ccc(C(C)(C)C)cc8)ccc7c(c7c8cccc(-n9c%10ccccc%10c%10ccccc%109)c8n(c3c2)c47)c56)cc1. The van der Waals surface area contributed by atoms with Crippen molar-refractivity contribution in [1.29, 1.82) is 0 Å². The molecule has 11 aromatic carbocycles. The van der Waals surface area contributed by atoms with E-state index in [1.54, 1.807) is 0 Å². The first-order chi connectivity index (χ1) is 38.0. The molecule has 0 aliphatic heterocycles. The number of benzene rings is 11. The first-order valence-corrected chi connectivity index (χ1v) is 27.6. The maximum Gasteiger partial charge on any atom is 0.0783 e. The topological polar surface area (TPSA) is 18.7 Å². The van der Waals surface area contributed by atoms with Crippen molar-refractivity contribution >= 4 is 120 Å². The molecule has 0 N–H and O–H groups in total. The zero-order valence-corrected chi connectivity index (χ0v) is 44.6. The molecule has 17 aromatic rings. The molecule has 17 rings (SSSR count). The Morgan fingerprint density at radius 3 is 0.897 bits per heavy atom. The van der Waals surface area contributed by atoms with E-state index in [1.165, 1.54) is 165 Å². The van der Waals surface area contributed by atoms with Crippen molar-refractivity contribution in [2.45, 2.75) is 52.4 Å². The molecule has 370 valence electrons. The third-order valence-corrected chi connectivity index (χ3v) is 17.7. The lowest BCUT2D eigenvalue weighted by Crippen LogP contribution is -2.10. The van der Waals surface area contributed by atoms with Crippen molar-refractivity contribution < 1.29 is 0 Å². The second kappa shape index (κ2) is 15.2. The molecule has 0 fully saturated rings. The van der Waals surface area contributed by atoms with E-state index < -0.39 is 0 Å². The van der Waals surface area contributed by atoms with Crippen molar-refractivity contribution in [3.05, 3.63) is 230 Å². The highest BCUT2D eigenvalue weighted by atomic mass is 15.0. The molecule has 0 aliphatic carbocycles. The van der Waals surface area contributed by atoms with Gasteiger partial charge in [0.15, 0.2) is 0 Å². The van der Waals surface area contributed by atoms with E-state index in [2.05, 4.69) is 278 Å². The fourth-order valence-electron chi connectivity index (χ4n) is 14.1. The standard InChI is InChI=1S/C74H54N4/c1-73(2,3)47-35-29-43(30-36-47)45-33-39-53-63(41-45)77-69-55(21-15-27-61(69)75-57-23-11-7-17-49(57)50-18-8-12-24-58(50)75)68-66-54-40-34-46(44-31-37-48(38-32-44)74(4,5)6)42-64(54)78-70-56(67(72(66)78)65(53)71(68)77)22-16-28-62(70)76-59-25-13-9-19-51(59)52-20-10-14-26-60(52)76/h7-42H,1-6H3. The van der Waals surface area contributed by atoms with Crippen LogP contribution in [0.3, 0.4) is 0 Å². The molecule has 0 atom stereocenters. The van der Waals surface area contributed by atoms with E-state index in [4.69, 9.17) is 0 Å². The summed E-state index contributed by atoms with van der Waals surface area (Å²) in [4.78, 5) is 0. The van der Waals surface area contributed by atoms with Gasteiger partial charge >= 0.3 is 0 Å². The van der Waals surface area contributed by atoms with Crippen molar-refractivity contribution in [2.24, 2.45) is 0 Å². The van der Waals surface area contributed by atoms with Crippen LogP contribution in [-0.4, -0.2) is 17.9 Å². The van der Waals surface area contributed by atoms with Crippen molar-refractivity contribution in [3.63, 3.8) is 0 Å². The average Bonchev–Trinajstić information content (AvgIpc) is 2.20. The molecule has 4 heteroatoms. The van der Waals surface area contributed by atoms with Gasteiger partial charge in [-0.2, -0.15) is 0 Å². The van der Waals surface area contributed by atoms with E-state index in [9.17, 15) is 0 Å². The van der Waals surface area contributed by atoms with Gasteiger partial charge in [0.05, 0.1) is 66.5 Å². The summed E-state index contributed by atoms with van der Waals surface area (Å²) < 4.78 is 10.4. The molecule has 0 saturated heterocycles. The Morgan fingerprint density at radius 2 is 0.551 bits per heavy atom. The fraction of sp³-hybridized carbons (Fsp3) is 0.108. The number of hydrogen-bond acceptors (Lipinski definition) is 0. The highest BCUT2D eigenvalue weighted by Gasteiger charge is 2.32. The van der Waals surface area contributed by atoms with Gasteiger partial charge in [-0.15, -0.1) is 0 Å². The molecule has 6 aromatic heterocycles. The van der Waals surface area contributed by atoms with Crippen molar-refractivity contribution in [1.82, 2.24) is 17.9 Å². The molecular weight excluding hydrogens is 945 g/mol. The number of aromatic nitrogens is 4. The smallest absolute Gasteiger partial charge is 0.0783 e. The number of nitrogens with zero attached hydrogens (tertiary/aromatic N) is 4. The lowest BCUT2D eigenvalue weighted by molar-refractivity contribution is 0.590. The van der Waals surface area contributed by atoms with Crippen LogP contribution in [0.2, 0.25) is 0 Å². The monoisotopic (exact) mass is 998 g/mol. The highest BCUT2D eigenvalue weighted by molar-refractivity contribution is 6.46. The predicted octanol–water partition coefficient (Wildman–Crippen LogP) is 20.1. The third kappa shape index (κ3) is 5.69. The Bertz CT molecular complexity index is 4920. The summed E-state index contributed by atoms with van der Waals surface area (Å²) in [6.45, 7) is 13.8. The van der Waals surface area contributed by atoms with Gasteiger partial charge in [-0.1, -0.05) is 211 Å². The van der Waals surface area contributed by atoms with E-state index in [1.807, 2.05) is 0 Å². The lowest BCUT2D eigenvalue weighted by Gasteiger charge is -2.19. The van der Waals surface area contributed by atoms with E-state index in [-0.39, 0.29) is 10.8 Å². The molecule has 0 unspecified atom stereocenters. The van der Waals surface area contributed by atoms with Gasteiger partial charge < -0.3 is 17.9 Å². The lowest BCUT2D eigenvalue weighted by atomic mass is 9.86. The fourth-order valence-corrected chi connectivity index (χ4v) is 14.1. The van der Waals surface area contributed by atoms with Gasteiger partial charge in [-0.25, -0.2) is 0 Å². The minimum Gasteiger partial charge on any atom is -0.307 e. The summed E-state index contributed by atoms with van der Waals surface area (Å²) in [6, 6.07) is 82.9. The van der Waals surface area contributed by atoms with Gasteiger partial charge in [0.2, 0.25) is 0 Å². The summed E-state index contributed by atoms with van der Waals surface area (Å²) in [5, 5.41) is 15.2. The van der Waals surface area contributed by atoms with Crippen LogP contribution < -0.4 is 0 Å². The third-order valence-electron chi connectivity index (χ3n) is 17.7. The van der Waals surface area contributed by atoms with Crippen LogP contribution in [0.5, 0.6) is 0 Å². The Hall–Kier alpha value is -9.38. The minimum atomic E-state index is 0.0591. The molecule has 4 nitrogen and oxygen atoms in total. The second-order valence-corrected chi connectivity index (χ2v) is 24.1. The number of fused-ring (bicyclic) bond motifs is 20. The Morgan fingerprint density at radius 1 is 0.244 bits per heavy atom. The normalized spacial score (nSPS) is 13.0. The van der Waals surface area contributed by atoms with Crippen molar-refractivity contribution in [2.75, 3.05) is 0 Å². The summed E-state index contributed by atoms with van der Waals surface area (Å²) in [6.07, 6.45) is 0. The van der Waals surface area contributed by atoms with Crippen LogP contribution in [-0.2, 0) is 10.8 Å². The minimum absolute atomic E-state index is 0.0591. The number of rotatable bonds is 4. The molecular formula is C74H54N4. The molecule has 0 radical (unpaired) electrons. The van der Waals surface area contributed by atoms with Gasteiger partial charge in [0, 0.05) is 64.6 Å². The van der Waals surface area contributed by atoms with Crippen LogP contribution in [0.25, 0.3) is 153 Å². The summed E-state index contributed by atoms with van der Waals surface area (Å²) in [7, 11) is 0. The number of hydrogen-bond donors (Lipinski definition) is 0.